The minimum Gasteiger partial charge on any atom is -0.436 e. The molecule has 4 bridgehead atoms. The molecule has 1 aromatic heterocycles. The van der Waals surface area contributed by atoms with Crippen LogP contribution in [0.15, 0.2) is 46.9 Å². The highest BCUT2D eigenvalue weighted by Gasteiger charge is 2.51. The van der Waals surface area contributed by atoms with Gasteiger partial charge in [-0.15, -0.1) is 0 Å². The highest BCUT2D eigenvalue weighted by Crippen LogP contribution is 2.61. The molecular formula is C26H26FN3O2S. The first kappa shape index (κ1) is 20.8. The first-order chi connectivity index (χ1) is 15.9. The summed E-state index contributed by atoms with van der Waals surface area (Å²) in [6, 6.07) is 11.5. The SMILES string of the molecule is O=C(CC12CC3CC(CC(C3)C1)C2)NC(=S)Nc1ccc2oc(-c3ccc(F)cc3)nc2c1. The van der Waals surface area contributed by atoms with E-state index >= 15 is 0 Å². The Morgan fingerprint density at radius 3 is 2.39 bits per heavy atom. The maximum atomic E-state index is 13.2. The minimum absolute atomic E-state index is 0.00978. The maximum Gasteiger partial charge on any atom is 0.227 e. The Labute approximate surface area is 197 Å². The van der Waals surface area contributed by atoms with Crippen molar-refractivity contribution >= 4 is 40.0 Å². The summed E-state index contributed by atoms with van der Waals surface area (Å²) in [5, 5.41) is 6.29. The monoisotopic (exact) mass is 463 g/mol. The molecule has 5 nitrogen and oxygen atoms in total. The Kier molecular flexibility index (Phi) is 4.98. The molecule has 33 heavy (non-hydrogen) atoms. The van der Waals surface area contributed by atoms with E-state index in [0.717, 1.165) is 23.4 Å². The topological polar surface area (TPSA) is 67.2 Å². The fourth-order valence-corrected chi connectivity index (χ4v) is 7.13. The average Bonchev–Trinajstić information content (AvgIpc) is 3.16. The van der Waals surface area contributed by atoms with E-state index in [1.165, 1.54) is 50.7 Å². The number of fused-ring (bicyclic) bond motifs is 1. The van der Waals surface area contributed by atoms with Gasteiger partial charge in [0.1, 0.15) is 11.3 Å². The molecule has 7 rings (SSSR count). The summed E-state index contributed by atoms with van der Waals surface area (Å²) < 4.78 is 19.0. The number of hydrogen-bond acceptors (Lipinski definition) is 4. The summed E-state index contributed by atoms with van der Waals surface area (Å²) in [5.74, 6) is 2.60. The van der Waals surface area contributed by atoms with Gasteiger partial charge < -0.3 is 15.1 Å². The van der Waals surface area contributed by atoms with Crippen LogP contribution < -0.4 is 10.6 Å². The van der Waals surface area contributed by atoms with E-state index < -0.39 is 0 Å². The first-order valence-electron chi connectivity index (χ1n) is 11.7. The number of benzene rings is 2. The first-order valence-corrected chi connectivity index (χ1v) is 12.1. The van der Waals surface area contributed by atoms with Crippen molar-refractivity contribution in [3.05, 3.63) is 48.3 Å². The third-order valence-electron chi connectivity index (χ3n) is 7.69. The van der Waals surface area contributed by atoms with E-state index in [2.05, 4.69) is 15.6 Å². The van der Waals surface area contributed by atoms with Gasteiger partial charge in [0.2, 0.25) is 11.8 Å². The summed E-state index contributed by atoms with van der Waals surface area (Å²) in [7, 11) is 0. The molecule has 2 aromatic carbocycles. The normalized spacial score (nSPS) is 27.6. The maximum absolute atomic E-state index is 13.2. The number of carbonyl (C=O) groups is 1. The van der Waals surface area contributed by atoms with Gasteiger partial charge in [-0.25, -0.2) is 9.37 Å². The van der Waals surface area contributed by atoms with Crippen LogP contribution in [0.3, 0.4) is 0 Å². The molecule has 7 heteroatoms. The van der Waals surface area contributed by atoms with E-state index in [-0.39, 0.29) is 17.1 Å². The Morgan fingerprint density at radius 1 is 1.06 bits per heavy atom. The number of aromatic nitrogens is 1. The zero-order chi connectivity index (χ0) is 22.6. The lowest BCUT2D eigenvalue weighted by atomic mass is 9.49. The summed E-state index contributed by atoms with van der Waals surface area (Å²) in [6.45, 7) is 0. The van der Waals surface area contributed by atoms with Crippen molar-refractivity contribution in [2.24, 2.45) is 23.2 Å². The molecule has 1 heterocycles. The number of nitrogens with one attached hydrogen (secondary N) is 2. The molecule has 3 aromatic rings. The lowest BCUT2D eigenvalue weighted by molar-refractivity contribution is -0.127. The van der Waals surface area contributed by atoms with Crippen molar-refractivity contribution < 1.29 is 13.6 Å². The van der Waals surface area contributed by atoms with E-state index in [1.54, 1.807) is 18.2 Å². The van der Waals surface area contributed by atoms with Crippen LogP contribution in [0, 0.1) is 29.0 Å². The highest BCUT2D eigenvalue weighted by molar-refractivity contribution is 7.80. The van der Waals surface area contributed by atoms with E-state index in [9.17, 15) is 9.18 Å². The van der Waals surface area contributed by atoms with Gasteiger partial charge in [0, 0.05) is 17.7 Å². The Hall–Kier alpha value is -2.80. The molecule has 4 fully saturated rings. The Bertz CT molecular complexity index is 1200. The second-order valence-corrected chi connectivity index (χ2v) is 10.7. The number of oxazole rings is 1. The van der Waals surface area contributed by atoms with Crippen LogP contribution in [0.2, 0.25) is 0 Å². The zero-order valence-corrected chi connectivity index (χ0v) is 19.1. The van der Waals surface area contributed by atoms with Crippen molar-refractivity contribution in [2.75, 3.05) is 5.32 Å². The summed E-state index contributed by atoms with van der Waals surface area (Å²) in [5.41, 5.74) is 2.89. The number of hydrogen-bond donors (Lipinski definition) is 2. The molecule has 4 aliphatic rings. The highest BCUT2D eigenvalue weighted by atomic mass is 32.1. The third-order valence-corrected chi connectivity index (χ3v) is 7.89. The van der Waals surface area contributed by atoms with Crippen LogP contribution in [-0.4, -0.2) is 16.0 Å². The molecule has 4 aliphatic carbocycles. The van der Waals surface area contributed by atoms with Gasteiger partial charge in [0.05, 0.1) is 0 Å². The van der Waals surface area contributed by atoms with Gasteiger partial charge >= 0.3 is 0 Å². The molecule has 0 radical (unpaired) electrons. The van der Waals surface area contributed by atoms with E-state index in [1.807, 2.05) is 12.1 Å². The van der Waals surface area contributed by atoms with E-state index in [0.29, 0.717) is 34.1 Å². The van der Waals surface area contributed by atoms with Crippen LogP contribution >= 0.6 is 12.2 Å². The van der Waals surface area contributed by atoms with Crippen LogP contribution in [0.1, 0.15) is 44.9 Å². The molecule has 0 unspecified atom stereocenters. The van der Waals surface area contributed by atoms with E-state index in [4.69, 9.17) is 16.6 Å². The second kappa shape index (κ2) is 7.90. The molecular weight excluding hydrogens is 437 g/mol. The zero-order valence-electron chi connectivity index (χ0n) is 18.3. The van der Waals surface area contributed by atoms with Crippen LogP contribution in [0.25, 0.3) is 22.6 Å². The van der Waals surface area contributed by atoms with Crippen LogP contribution in [0.5, 0.6) is 0 Å². The number of rotatable bonds is 4. The fraction of sp³-hybridized carbons (Fsp3) is 0.423. The van der Waals surface area contributed by atoms with Crippen LogP contribution in [0.4, 0.5) is 10.1 Å². The summed E-state index contributed by atoms with van der Waals surface area (Å²) in [6.07, 6.45) is 8.28. The fourth-order valence-electron chi connectivity index (χ4n) is 6.90. The van der Waals surface area contributed by atoms with Crippen molar-refractivity contribution in [1.82, 2.24) is 10.3 Å². The number of anilines is 1. The number of thiocarbonyl (C=S) groups is 1. The number of halogens is 1. The van der Waals surface area contributed by atoms with Crippen molar-refractivity contribution in [3.63, 3.8) is 0 Å². The van der Waals surface area contributed by atoms with Gasteiger partial charge in [-0.05, 0) is 116 Å². The summed E-state index contributed by atoms with van der Waals surface area (Å²) in [4.78, 5) is 17.3. The molecule has 2 N–H and O–H groups in total. The molecule has 0 atom stereocenters. The predicted molar refractivity (Wildman–Crippen MR) is 129 cm³/mol. The van der Waals surface area contributed by atoms with Gasteiger partial charge in [0.15, 0.2) is 10.7 Å². The molecule has 0 saturated heterocycles. The molecule has 4 saturated carbocycles. The largest absolute Gasteiger partial charge is 0.436 e. The molecule has 0 aliphatic heterocycles. The van der Waals surface area contributed by atoms with Gasteiger partial charge in [-0.1, -0.05) is 0 Å². The Morgan fingerprint density at radius 2 is 1.73 bits per heavy atom. The molecule has 170 valence electrons. The van der Waals surface area contributed by atoms with Crippen molar-refractivity contribution in [2.45, 2.75) is 44.9 Å². The number of amides is 1. The minimum atomic E-state index is -0.305. The van der Waals surface area contributed by atoms with Gasteiger partial charge in [0.25, 0.3) is 0 Å². The molecule has 1 amide bonds. The Balaban J connectivity index is 1.10. The van der Waals surface area contributed by atoms with Gasteiger partial charge in [-0.3, -0.25) is 4.79 Å². The smallest absolute Gasteiger partial charge is 0.227 e. The number of carbonyl (C=O) groups excluding carboxylic acids is 1. The quantitative estimate of drug-likeness (QED) is 0.461. The average molecular weight is 464 g/mol. The van der Waals surface area contributed by atoms with Crippen LogP contribution in [-0.2, 0) is 4.79 Å². The number of nitrogens with zero attached hydrogens (tertiary/aromatic N) is 1. The molecule has 0 spiro atoms. The lowest BCUT2D eigenvalue weighted by Gasteiger charge is -2.56. The van der Waals surface area contributed by atoms with Gasteiger partial charge in [-0.2, -0.15) is 0 Å². The third kappa shape index (κ3) is 4.14. The standard InChI is InChI=1S/C26H26FN3O2S/c27-19-3-1-18(2-4-19)24-29-21-10-20(5-6-22(21)32-24)28-25(33)30-23(31)14-26-11-15-7-16(12-26)9-17(8-15)13-26/h1-6,10,15-17H,7-9,11-14H2,(H2,28,30,31,33). The lowest BCUT2D eigenvalue weighted by Crippen LogP contribution is -2.48. The van der Waals surface area contributed by atoms with Crippen molar-refractivity contribution in [1.29, 1.82) is 0 Å². The second-order valence-electron chi connectivity index (χ2n) is 10.3. The predicted octanol–water partition coefficient (Wildman–Crippen LogP) is 6.05. The van der Waals surface area contributed by atoms with Crippen molar-refractivity contribution in [3.8, 4) is 11.5 Å². The summed E-state index contributed by atoms with van der Waals surface area (Å²) >= 11 is 5.42.